The van der Waals surface area contributed by atoms with Gasteiger partial charge in [-0.1, -0.05) is 44.5 Å². The quantitative estimate of drug-likeness (QED) is 0.422. The number of nitrogens with zero attached hydrogens (tertiary/aromatic N) is 3. The number of imide groups is 2. The van der Waals surface area contributed by atoms with Crippen LogP contribution in [0.2, 0.25) is 0 Å². The van der Waals surface area contributed by atoms with Gasteiger partial charge in [-0.2, -0.15) is 0 Å². The van der Waals surface area contributed by atoms with E-state index < -0.39 is 12.1 Å². The van der Waals surface area contributed by atoms with Gasteiger partial charge >= 0.3 is 0 Å². The van der Waals surface area contributed by atoms with Crippen molar-refractivity contribution in [2.45, 2.75) is 78.0 Å². The van der Waals surface area contributed by atoms with Crippen LogP contribution in [0.15, 0.2) is 42.5 Å². The summed E-state index contributed by atoms with van der Waals surface area (Å²) in [6.45, 7) is 7.13. The maximum Gasteiger partial charge on any atom is 0.255 e. The molecular weight excluding hydrogens is 538 g/mol. The van der Waals surface area contributed by atoms with E-state index in [1.807, 2.05) is 18.2 Å². The number of nitrogens with two attached hydrogens (primary N) is 1. The summed E-state index contributed by atoms with van der Waals surface area (Å²) >= 11 is 0. The third kappa shape index (κ3) is 5.90. The van der Waals surface area contributed by atoms with Crippen LogP contribution in [0.25, 0.3) is 0 Å². The molecule has 0 radical (unpaired) electrons. The number of amides is 6. The van der Waals surface area contributed by atoms with Gasteiger partial charge in [-0.25, -0.2) is 0 Å². The van der Waals surface area contributed by atoms with E-state index in [9.17, 15) is 28.8 Å². The van der Waals surface area contributed by atoms with Crippen molar-refractivity contribution in [1.82, 2.24) is 20.0 Å². The summed E-state index contributed by atoms with van der Waals surface area (Å²) in [4.78, 5) is 76.0. The van der Waals surface area contributed by atoms with Crippen LogP contribution >= 0.6 is 0 Å². The van der Waals surface area contributed by atoms with Gasteiger partial charge in [-0.3, -0.25) is 39.0 Å². The molecule has 2 fully saturated rings. The monoisotopic (exact) mass is 575 g/mol. The van der Waals surface area contributed by atoms with Crippen molar-refractivity contribution >= 4 is 41.1 Å². The molecule has 2 aromatic rings. The molecule has 2 unspecified atom stereocenters. The van der Waals surface area contributed by atoms with E-state index >= 15 is 0 Å². The summed E-state index contributed by atoms with van der Waals surface area (Å²) in [6.07, 6.45) is 2.62. The van der Waals surface area contributed by atoms with Crippen LogP contribution in [0.4, 0.5) is 5.69 Å². The lowest BCUT2D eigenvalue weighted by molar-refractivity contribution is -0.152. The first-order valence-electron chi connectivity index (χ1n) is 14.4. The molecule has 0 bridgehead atoms. The van der Waals surface area contributed by atoms with Gasteiger partial charge in [0.1, 0.15) is 12.1 Å². The minimum absolute atomic E-state index is 0.125. The topological polar surface area (TPSA) is 150 Å². The molecule has 0 aliphatic carbocycles. The molecule has 0 aromatic heterocycles. The predicted octanol–water partition coefficient (Wildman–Crippen LogP) is 2.63. The number of carbonyl (C=O) groups excluding carboxylic acids is 6. The first-order valence-corrected chi connectivity index (χ1v) is 14.4. The van der Waals surface area contributed by atoms with Crippen LogP contribution in [-0.4, -0.2) is 68.8 Å². The summed E-state index contributed by atoms with van der Waals surface area (Å²) < 4.78 is 0. The number of likely N-dealkylation sites (N-methyl/N-ethyl adjacent to an activating group) is 1. The maximum absolute atomic E-state index is 12.5. The Bertz CT molecular complexity index is 1420. The van der Waals surface area contributed by atoms with E-state index in [1.165, 1.54) is 11.3 Å². The van der Waals surface area contributed by atoms with Crippen LogP contribution in [0.3, 0.4) is 0 Å². The fourth-order valence-electron chi connectivity index (χ4n) is 5.58. The molecule has 6 rings (SSSR count). The third-order valence-corrected chi connectivity index (χ3v) is 7.64. The molecule has 4 aliphatic heterocycles. The van der Waals surface area contributed by atoms with Crippen LogP contribution in [-0.2, 0) is 32.3 Å². The lowest BCUT2D eigenvalue weighted by Crippen LogP contribution is -2.54. The molecule has 11 nitrogen and oxygen atoms in total. The van der Waals surface area contributed by atoms with E-state index in [1.54, 1.807) is 41.0 Å². The lowest BCUT2D eigenvalue weighted by atomic mass is 10.0. The fraction of sp³-hybridized carbons (Fsp3) is 0.419. The first kappa shape index (κ1) is 30.4. The van der Waals surface area contributed by atoms with Gasteiger partial charge in [0.05, 0.1) is 0 Å². The number of nitrogens with one attached hydrogen (secondary N) is 1. The van der Waals surface area contributed by atoms with Crippen molar-refractivity contribution in [2.24, 2.45) is 0 Å². The SMILES string of the molecule is CCC.CCN1C(=O)CCC(N2Cc3c(N)cccc3C2=O)C1=O.O=C1CCC(N2Cc3ccccc3C2=O)C(=O)N1. The summed E-state index contributed by atoms with van der Waals surface area (Å²) in [7, 11) is 0. The zero-order valence-electron chi connectivity index (χ0n) is 24.2. The Hall–Kier alpha value is -4.54. The number of likely N-dealkylation sites (tertiary alicyclic amines) is 1. The minimum Gasteiger partial charge on any atom is -0.398 e. The number of hydrogen-bond donors (Lipinski definition) is 2. The van der Waals surface area contributed by atoms with Gasteiger partial charge in [-0.15, -0.1) is 0 Å². The van der Waals surface area contributed by atoms with Gasteiger partial charge < -0.3 is 15.5 Å². The first-order chi connectivity index (χ1) is 20.1. The molecule has 11 heteroatoms. The smallest absolute Gasteiger partial charge is 0.255 e. The number of carbonyl (C=O) groups is 6. The standard InChI is InChI=1S/C15H17N3O3.C13H12N2O3.C3H8/c1-2-17-13(19)7-6-12(15(17)21)18-8-10-9(14(18)20)4-3-5-11(10)16;16-11-6-5-10(12(17)14-11)15-7-8-3-1-2-4-9(8)13(15)18;1-3-2/h3-5,12H,2,6-8,16H2,1H3;1-4,10H,5-7H2,(H,14,16,17);3H2,1-2H3. The third-order valence-electron chi connectivity index (χ3n) is 7.64. The van der Waals surface area contributed by atoms with E-state index in [-0.39, 0.29) is 41.9 Å². The van der Waals surface area contributed by atoms with Gasteiger partial charge in [-0.05, 0) is 43.5 Å². The van der Waals surface area contributed by atoms with Crippen molar-refractivity contribution in [2.75, 3.05) is 12.3 Å². The van der Waals surface area contributed by atoms with Gasteiger partial charge in [0.25, 0.3) is 17.7 Å². The molecule has 222 valence electrons. The summed E-state index contributed by atoms with van der Waals surface area (Å²) in [5.74, 6) is -1.38. The second kappa shape index (κ2) is 13.0. The zero-order chi connectivity index (χ0) is 30.6. The molecule has 4 aliphatic rings. The number of piperidine rings is 2. The lowest BCUT2D eigenvalue weighted by Gasteiger charge is -2.34. The molecule has 6 amide bonds. The Morgan fingerprint density at radius 3 is 2.05 bits per heavy atom. The second-order valence-electron chi connectivity index (χ2n) is 10.6. The zero-order valence-corrected chi connectivity index (χ0v) is 24.2. The molecule has 0 saturated carbocycles. The highest BCUT2D eigenvalue weighted by molar-refractivity contribution is 6.06. The number of benzene rings is 2. The Kier molecular flexibility index (Phi) is 9.39. The maximum atomic E-state index is 12.5. The molecule has 0 spiro atoms. The van der Waals surface area contributed by atoms with Crippen LogP contribution in [0.1, 0.15) is 84.7 Å². The molecule has 42 heavy (non-hydrogen) atoms. The molecule has 2 saturated heterocycles. The molecule has 3 N–H and O–H groups in total. The highest BCUT2D eigenvalue weighted by Crippen LogP contribution is 2.32. The molecule has 2 aromatic carbocycles. The van der Waals surface area contributed by atoms with Gasteiger partial charge in [0.15, 0.2) is 0 Å². The van der Waals surface area contributed by atoms with Crippen molar-refractivity contribution in [3.8, 4) is 0 Å². The minimum atomic E-state index is -0.568. The van der Waals surface area contributed by atoms with Gasteiger partial charge in [0, 0.05) is 54.9 Å². The van der Waals surface area contributed by atoms with Crippen molar-refractivity contribution in [3.05, 3.63) is 64.7 Å². The second-order valence-corrected chi connectivity index (χ2v) is 10.6. The Morgan fingerprint density at radius 2 is 1.40 bits per heavy atom. The predicted molar refractivity (Wildman–Crippen MR) is 155 cm³/mol. The normalized spacial score (nSPS) is 21.3. The summed E-state index contributed by atoms with van der Waals surface area (Å²) in [5.41, 5.74) is 9.40. The largest absolute Gasteiger partial charge is 0.398 e. The average Bonchev–Trinajstić information content (AvgIpc) is 3.47. The Labute approximate surface area is 245 Å². The van der Waals surface area contributed by atoms with Crippen LogP contribution in [0.5, 0.6) is 0 Å². The van der Waals surface area contributed by atoms with Crippen LogP contribution < -0.4 is 11.1 Å². The average molecular weight is 576 g/mol. The van der Waals surface area contributed by atoms with Crippen molar-refractivity contribution < 1.29 is 28.8 Å². The number of fused-ring (bicyclic) bond motifs is 2. The number of nitrogen functional groups attached to an aromatic ring is 1. The van der Waals surface area contributed by atoms with Crippen molar-refractivity contribution in [1.29, 1.82) is 0 Å². The number of rotatable bonds is 3. The molecular formula is C31H37N5O6. The van der Waals surface area contributed by atoms with E-state index in [2.05, 4.69) is 19.2 Å². The van der Waals surface area contributed by atoms with Crippen molar-refractivity contribution in [3.63, 3.8) is 0 Å². The Balaban J connectivity index is 0.000000178. The van der Waals surface area contributed by atoms with E-state index in [4.69, 9.17) is 5.73 Å². The fourth-order valence-corrected chi connectivity index (χ4v) is 5.58. The molecule has 4 heterocycles. The summed E-state index contributed by atoms with van der Waals surface area (Å²) in [6, 6.07) is 11.5. The van der Waals surface area contributed by atoms with Gasteiger partial charge in [0.2, 0.25) is 17.7 Å². The highest BCUT2D eigenvalue weighted by atomic mass is 16.2. The number of anilines is 1. The Morgan fingerprint density at radius 1 is 0.786 bits per heavy atom. The van der Waals surface area contributed by atoms with E-state index in [0.29, 0.717) is 55.7 Å². The summed E-state index contributed by atoms with van der Waals surface area (Å²) in [5, 5.41) is 2.28. The molecule has 2 atom stereocenters. The van der Waals surface area contributed by atoms with Crippen LogP contribution in [0, 0.1) is 0 Å². The highest BCUT2D eigenvalue weighted by Gasteiger charge is 2.42. The van der Waals surface area contributed by atoms with E-state index in [0.717, 1.165) is 11.1 Å². The number of hydrogen-bond acceptors (Lipinski definition) is 7.